The lowest BCUT2D eigenvalue weighted by molar-refractivity contribution is 0.111. The average molecular weight is 676 g/mol. The SMILES string of the molecule is Cc1nc(Oc2ccc(OC(=O)NC(C)C)cc2)ccc1CN1CCC(N(C(=O)Nc2cc(C=O)c(F)cc2F)c2cccc(F)c2)CC1. The van der Waals surface area contributed by atoms with Crippen molar-refractivity contribution in [3.05, 3.63) is 107 Å². The molecule has 1 aliphatic heterocycles. The number of carbonyl (C=O) groups is 3. The number of anilines is 2. The van der Waals surface area contributed by atoms with Gasteiger partial charge in [-0.05, 0) is 87.7 Å². The van der Waals surface area contributed by atoms with E-state index in [1.807, 2.05) is 26.8 Å². The van der Waals surface area contributed by atoms with Crippen LogP contribution in [-0.2, 0) is 6.54 Å². The summed E-state index contributed by atoms with van der Waals surface area (Å²) in [6.45, 7) is 7.37. The first-order valence-electron chi connectivity index (χ1n) is 15.7. The number of carbonyl (C=O) groups excluding carboxylic acids is 3. The van der Waals surface area contributed by atoms with Crippen molar-refractivity contribution in [2.75, 3.05) is 23.3 Å². The highest BCUT2D eigenvalue weighted by molar-refractivity contribution is 6.02. The van der Waals surface area contributed by atoms with Gasteiger partial charge in [0.25, 0.3) is 0 Å². The molecule has 2 heterocycles. The number of nitrogens with one attached hydrogen (secondary N) is 2. The minimum absolute atomic E-state index is 0.0433. The number of ether oxygens (including phenoxy) is 2. The summed E-state index contributed by atoms with van der Waals surface area (Å²) < 4.78 is 53.8. The zero-order valence-corrected chi connectivity index (χ0v) is 27.2. The zero-order valence-electron chi connectivity index (χ0n) is 27.2. The number of hydrogen-bond donors (Lipinski definition) is 2. The topological polar surface area (TPSA) is 113 Å². The molecule has 0 radical (unpaired) electrons. The third-order valence-corrected chi connectivity index (χ3v) is 7.91. The van der Waals surface area contributed by atoms with Gasteiger partial charge >= 0.3 is 12.1 Å². The monoisotopic (exact) mass is 675 g/mol. The standard InChI is InChI=1S/C36H36F3N5O5/c1-22(2)40-36(47)49-30-10-8-29(9-11-30)48-34-12-7-24(23(3)41-34)20-43-15-13-27(14-16-43)44(28-6-4-5-26(37)18-28)35(46)42-33-17-25(21-45)31(38)19-32(33)39/h4-12,17-19,21-22,27H,13-16,20H2,1-3H3,(H,40,47)(H,42,46). The van der Waals surface area contributed by atoms with Crippen LogP contribution >= 0.6 is 0 Å². The minimum Gasteiger partial charge on any atom is -0.439 e. The molecule has 1 aliphatic rings. The van der Waals surface area contributed by atoms with E-state index in [1.165, 1.54) is 23.1 Å². The lowest BCUT2D eigenvalue weighted by Gasteiger charge is -2.38. The van der Waals surface area contributed by atoms with E-state index in [4.69, 9.17) is 9.47 Å². The van der Waals surface area contributed by atoms with Crippen LogP contribution in [0.15, 0.2) is 72.8 Å². The van der Waals surface area contributed by atoms with Crippen LogP contribution in [0, 0.1) is 24.4 Å². The van der Waals surface area contributed by atoms with Gasteiger partial charge in [0.1, 0.15) is 29.0 Å². The highest BCUT2D eigenvalue weighted by atomic mass is 19.1. The van der Waals surface area contributed by atoms with Gasteiger partial charge in [-0.25, -0.2) is 27.7 Å². The predicted octanol–water partition coefficient (Wildman–Crippen LogP) is 7.61. The number of likely N-dealkylation sites (tertiary alicyclic amines) is 1. The van der Waals surface area contributed by atoms with Crippen molar-refractivity contribution in [3.63, 3.8) is 0 Å². The number of amides is 3. The Kier molecular flexibility index (Phi) is 11.1. The Hall–Kier alpha value is -5.43. The quantitative estimate of drug-likeness (QED) is 0.166. The van der Waals surface area contributed by atoms with Crippen LogP contribution in [0.5, 0.6) is 17.4 Å². The van der Waals surface area contributed by atoms with Crippen LogP contribution in [0.2, 0.25) is 0 Å². The van der Waals surface area contributed by atoms with E-state index in [9.17, 15) is 27.6 Å². The third-order valence-electron chi connectivity index (χ3n) is 7.91. The van der Waals surface area contributed by atoms with Gasteiger partial charge in [0.15, 0.2) is 6.29 Å². The molecule has 1 saturated heterocycles. The first-order chi connectivity index (χ1) is 23.5. The summed E-state index contributed by atoms with van der Waals surface area (Å²) in [5.74, 6) is -1.32. The molecule has 2 N–H and O–H groups in total. The maximum absolute atomic E-state index is 14.5. The van der Waals surface area contributed by atoms with E-state index in [2.05, 4.69) is 20.5 Å². The lowest BCUT2D eigenvalue weighted by Crippen LogP contribution is -2.49. The second-order valence-corrected chi connectivity index (χ2v) is 11.9. The molecule has 0 spiro atoms. The second-order valence-electron chi connectivity index (χ2n) is 11.9. The predicted molar refractivity (Wildman–Crippen MR) is 178 cm³/mol. The molecule has 0 bridgehead atoms. The third kappa shape index (κ3) is 9.14. The van der Waals surface area contributed by atoms with E-state index in [1.54, 1.807) is 36.4 Å². The maximum atomic E-state index is 14.5. The van der Waals surface area contributed by atoms with Crippen molar-refractivity contribution in [2.24, 2.45) is 0 Å². The fourth-order valence-electron chi connectivity index (χ4n) is 5.48. The largest absolute Gasteiger partial charge is 0.439 e. The molecule has 5 rings (SSSR count). The molecule has 0 aliphatic carbocycles. The Morgan fingerprint density at radius 2 is 1.69 bits per heavy atom. The van der Waals surface area contributed by atoms with E-state index >= 15 is 0 Å². The first kappa shape index (κ1) is 34.9. The summed E-state index contributed by atoms with van der Waals surface area (Å²) in [7, 11) is 0. The van der Waals surface area contributed by atoms with Crippen molar-refractivity contribution in [2.45, 2.75) is 52.2 Å². The Morgan fingerprint density at radius 3 is 2.35 bits per heavy atom. The number of benzene rings is 3. The molecular weight excluding hydrogens is 639 g/mol. The van der Waals surface area contributed by atoms with Crippen molar-refractivity contribution in [1.82, 2.24) is 15.2 Å². The van der Waals surface area contributed by atoms with Gasteiger partial charge < -0.3 is 20.1 Å². The molecule has 1 fully saturated rings. The zero-order chi connectivity index (χ0) is 35.1. The van der Waals surface area contributed by atoms with Crippen LogP contribution < -0.4 is 25.0 Å². The Bertz CT molecular complexity index is 1810. The number of rotatable bonds is 10. The molecule has 49 heavy (non-hydrogen) atoms. The summed E-state index contributed by atoms with van der Waals surface area (Å²) in [6, 6.07) is 16.2. The van der Waals surface area contributed by atoms with Crippen LogP contribution in [0.1, 0.15) is 48.3 Å². The number of pyridine rings is 1. The number of hydrogen-bond acceptors (Lipinski definition) is 7. The molecule has 3 aromatic carbocycles. The second kappa shape index (κ2) is 15.6. The molecule has 3 amide bonds. The number of urea groups is 1. The number of piperidine rings is 1. The summed E-state index contributed by atoms with van der Waals surface area (Å²) in [6.07, 6.45) is 0.753. The van der Waals surface area contributed by atoms with Gasteiger partial charge in [-0.3, -0.25) is 14.6 Å². The summed E-state index contributed by atoms with van der Waals surface area (Å²) in [5.41, 5.74) is 1.29. The van der Waals surface area contributed by atoms with E-state index in [-0.39, 0.29) is 29.7 Å². The van der Waals surface area contributed by atoms with Crippen molar-refractivity contribution in [1.29, 1.82) is 0 Å². The van der Waals surface area contributed by atoms with E-state index in [0.29, 0.717) is 55.9 Å². The summed E-state index contributed by atoms with van der Waals surface area (Å²) in [5, 5.41) is 5.09. The van der Waals surface area contributed by atoms with E-state index < -0.39 is 35.1 Å². The molecule has 256 valence electrons. The Balaban J connectivity index is 1.21. The Morgan fingerprint density at radius 1 is 0.980 bits per heavy atom. The number of aromatic nitrogens is 1. The molecule has 10 nitrogen and oxygen atoms in total. The lowest BCUT2D eigenvalue weighted by atomic mass is 10.0. The van der Waals surface area contributed by atoms with Crippen molar-refractivity contribution >= 4 is 29.8 Å². The molecule has 0 atom stereocenters. The molecule has 13 heteroatoms. The highest BCUT2D eigenvalue weighted by Gasteiger charge is 2.30. The summed E-state index contributed by atoms with van der Waals surface area (Å²) >= 11 is 0. The van der Waals surface area contributed by atoms with Gasteiger partial charge in [0, 0.05) is 55.2 Å². The minimum atomic E-state index is -1.04. The van der Waals surface area contributed by atoms with Crippen LogP contribution in [0.3, 0.4) is 0 Å². The summed E-state index contributed by atoms with van der Waals surface area (Å²) in [4.78, 5) is 44.7. The van der Waals surface area contributed by atoms with Crippen molar-refractivity contribution < 1.29 is 37.0 Å². The van der Waals surface area contributed by atoms with Gasteiger partial charge in [-0.1, -0.05) is 12.1 Å². The van der Waals surface area contributed by atoms with Gasteiger partial charge in [0.05, 0.1) is 11.3 Å². The van der Waals surface area contributed by atoms with Gasteiger partial charge in [-0.15, -0.1) is 0 Å². The average Bonchev–Trinajstić information content (AvgIpc) is 3.05. The Labute approximate surface area is 281 Å². The van der Waals surface area contributed by atoms with Gasteiger partial charge in [-0.2, -0.15) is 0 Å². The number of aryl methyl sites for hydroxylation is 1. The highest BCUT2D eigenvalue weighted by Crippen LogP contribution is 2.29. The molecular formula is C36H36F3N5O5. The van der Waals surface area contributed by atoms with Crippen LogP contribution in [0.4, 0.5) is 34.1 Å². The molecule has 0 unspecified atom stereocenters. The molecule has 0 saturated carbocycles. The molecule has 4 aromatic rings. The fourth-order valence-corrected chi connectivity index (χ4v) is 5.48. The number of aldehydes is 1. The fraction of sp³-hybridized carbons (Fsp3) is 0.278. The number of halogens is 3. The van der Waals surface area contributed by atoms with Crippen molar-refractivity contribution in [3.8, 4) is 17.4 Å². The smallest absolute Gasteiger partial charge is 0.412 e. The molecule has 1 aromatic heterocycles. The van der Waals surface area contributed by atoms with Crippen LogP contribution in [0.25, 0.3) is 0 Å². The van der Waals surface area contributed by atoms with Crippen LogP contribution in [-0.4, -0.2) is 53.5 Å². The maximum Gasteiger partial charge on any atom is 0.412 e. The first-order valence-corrected chi connectivity index (χ1v) is 15.7. The normalized spacial score (nSPS) is 13.5. The number of nitrogens with zero attached hydrogens (tertiary/aromatic N) is 3. The van der Waals surface area contributed by atoms with E-state index in [0.717, 1.165) is 17.3 Å². The van der Waals surface area contributed by atoms with Gasteiger partial charge in [0.2, 0.25) is 5.88 Å².